The largest absolute Gasteiger partial charge is 0.468 e. The molecule has 0 aliphatic rings. The molecule has 6 heteroatoms. The van der Waals surface area contributed by atoms with Crippen LogP contribution in [0.2, 0.25) is 0 Å². The normalized spacial score (nSPS) is 12.6. The smallest absolute Gasteiger partial charge is 0.408 e. The van der Waals surface area contributed by atoms with Gasteiger partial charge in [-0.2, -0.15) is 0 Å². The third-order valence-electron chi connectivity index (χ3n) is 2.95. The van der Waals surface area contributed by atoms with Gasteiger partial charge in [-0.25, -0.2) is 4.79 Å². The molecule has 2 rings (SSSR count). The van der Waals surface area contributed by atoms with Crippen LogP contribution in [0.25, 0.3) is 0 Å². The average Bonchev–Trinajstić information content (AvgIpc) is 2.92. The Balaban J connectivity index is 2.27. The average molecular weight is 382 g/mol. The molecule has 5 nitrogen and oxygen atoms in total. The molecule has 1 atom stereocenters. The molecule has 124 valence electrons. The van der Waals surface area contributed by atoms with Gasteiger partial charge < -0.3 is 19.2 Å². The van der Waals surface area contributed by atoms with Crippen LogP contribution in [-0.4, -0.2) is 18.8 Å². The van der Waals surface area contributed by atoms with Gasteiger partial charge in [-0.15, -0.1) is 0 Å². The molecule has 1 amide bonds. The number of furan rings is 1. The molecular formula is C17H20BrNO4. The number of methoxy groups -OCH3 is 1. The first-order valence-corrected chi connectivity index (χ1v) is 7.96. The summed E-state index contributed by atoms with van der Waals surface area (Å²) in [4.78, 5) is 12.1. The van der Waals surface area contributed by atoms with Crippen molar-refractivity contribution in [2.75, 3.05) is 7.11 Å². The first-order valence-electron chi connectivity index (χ1n) is 7.17. The highest BCUT2D eigenvalue weighted by Crippen LogP contribution is 2.28. The Hall–Kier alpha value is -1.95. The minimum absolute atomic E-state index is 0.383. The number of benzene rings is 1. The molecule has 0 saturated carbocycles. The van der Waals surface area contributed by atoms with Crippen molar-refractivity contribution < 1.29 is 18.7 Å². The zero-order valence-electron chi connectivity index (χ0n) is 13.6. The number of carbonyl (C=O) groups is 1. The number of halogens is 1. The lowest BCUT2D eigenvalue weighted by Gasteiger charge is -2.23. The maximum absolute atomic E-state index is 12.1. The number of hydrogen-bond donors (Lipinski definition) is 1. The van der Waals surface area contributed by atoms with Gasteiger partial charge in [-0.05, 0) is 44.5 Å². The predicted octanol–water partition coefficient (Wildman–Crippen LogP) is 4.66. The van der Waals surface area contributed by atoms with E-state index in [0.717, 1.165) is 10.0 Å². The van der Waals surface area contributed by atoms with Gasteiger partial charge >= 0.3 is 6.09 Å². The quantitative estimate of drug-likeness (QED) is 0.835. The van der Waals surface area contributed by atoms with Gasteiger partial charge in [-0.3, -0.25) is 0 Å². The first-order chi connectivity index (χ1) is 10.8. The maximum atomic E-state index is 12.1. The third kappa shape index (κ3) is 5.03. The number of nitrogens with one attached hydrogen (secondary N) is 1. The fraction of sp³-hybridized carbons (Fsp3) is 0.353. The van der Waals surface area contributed by atoms with Crippen LogP contribution in [0.4, 0.5) is 4.79 Å². The Morgan fingerprint density at radius 2 is 1.83 bits per heavy atom. The molecule has 0 unspecified atom stereocenters. The topological polar surface area (TPSA) is 60.7 Å². The molecule has 23 heavy (non-hydrogen) atoms. The Morgan fingerprint density at radius 1 is 1.17 bits per heavy atom. The zero-order valence-corrected chi connectivity index (χ0v) is 15.1. The minimum atomic E-state index is -0.574. The molecule has 1 aromatic heterocycles. The van der Waals surface area contributed by atoms with Crippen molar-refractivity contribution in [3.05, 3.63) is 52.2 Å². The van der Waals surface area contributed by atoms with Crippen LogP contribution in [0, 0.1) is 0 Å². The molecule has 1 aromatic carbocycles. The van der Waals surface area contributed by atoms with Crippen LogP contribution in [0.1, 0.15) is 38.1 Å². The molecular weight excluding hydrogens is 362 g/mol. The number of amides is 1. The highest BCUT2D eigenvalue weighted by Gasteiger charge is 2.24. The van der Waals surface area contributed by atoms with Gasteiger partial charge in [0.2, 0.25) is 0 Å². The summed E-state index contributed by atoms with van der Waals surface area (Å²) >= 11 is 3.40. The molecule has 1 N–H and O–H groups in total. The number of ether oxygens (including phenoxy) is 2. The highest BCUT2D eigenvalue weighted by molar-refractivity contribution is 9.10. The molecule has 1 heterocycles. The second-order valence-corrected chi connectivity index (χ2v) is 6.91. The fourth-order valence-corrected chi connectivity index (χ4v) is 2.26. The molecule has 0 spiro atoms. The summed E-state index contributed by atoms with van der Waals surface area (Å²) in [6.07, 6.45) is -0.513. The Bertz CT molecular complexity index is 658. The highest BCUT2D eigenvalue weighted by atomic mass is 79.9. The summed E-state index contributed by atoms with van der Waals surface area (Å²) in [7, 11) is 1.53. The van der Waals surface area contributed by atoms with Crippen molar-refractivity contribution in [3.63, 3.8) is 0 Å². The lowest BCUT2D eigenvalue weighted by molar-refractivity contribution is 0.0506. The van der Waals surface area contributed by atoms with Crippen LogP contribution in [-0.2, 0) is 4.74 Å². The lowest BCUT2D eigenvalue weighted by atomic mass is 10.1. The van der Waals surface area contributed by atoms with Crippen molar-refractivity contribution in [2.45, 2.75) is 32.4 Å². The lowest BCUT2D eigenvalue weighted by Crippen LogP contribution is -2.35. The van der Waals surface area contributed by atoms with E-state index in [1.165, 1.54) is 7.11 Å². The second-order valence-electron chi connectivity index (χ2n) is 5.99. The Labute approximate surface area is 144 Å². The van der Waals surface area contributed by atoms with E-state index < -0.39 is 17.7 Å². The molecule has 0 fully saturated rings. The van der Waals surface area contributed by atoms with E-state index in [9.17, 15) is 4.79 Å². The van der Waals surface area contributed by atoms with E-state index >= 15 is 0 Å². The van der Waals surface area contributed by atoms with Crippen LogP contribution >= 0.6 is 15.9 Å². The number of alkyl carbamates (subject to hydrolysis) is 1. The zero-order chi connectivity index (χ0) is 17.0. The molecule has 0 aliphatic heterocycles. The van der Waals surface area contributed by atoms with Crippen LogP contribution in [0.5, 0.6) is 5.95 Å². The van der Waals surface area contributed by atoms with Gasteiger partial charge in [-0.1, -0.05) is 28.1 Å². The summed E-state index contributed by atoms with van der Waals surface area (Å²) in [5, 5.41) is 2.84. The van der Waals surface area contributed by atoms with Crippen LogP contribution in [0.3, 0.4) is 0 Å². The Morgan fingerprint density at radius 3 is 2.35 bits per heavy atom. The third-order valence-corrected chi connectivity index (χ3v) is 3.48. The van der Waals surface area contributed by atoms with E-state index in [1.807, 2.05) is 45.0 Å². The summed E-state index contributed by atoms with van der Waals surface area (Å²) in [6, 6.07) is 10.6. The van der Waals surface area contributed by atoms with Crippen molar-refractivity contribution in [1.29, 1.82) is 0 Å². The number of hydrogen-bond acceptors (Lipinski definition) is 4. The number of rotatable bonds is 4. The van der Waals surface area contributed by atoms with Gasteiger partial charge in [0, 0.05) is 10.5 Å². The van der Waals surface area contributed by atoms with Crippen molar-refractivity contribution in [1.82, 2.24) is 5.32 Å². The predicted molar refractivity (Wildman–Crippen MR) is 90.6 cm³/mol. The van der Waals surface area contributed by atoms with Crippen LogP contribution in [0.15, 0.2) is 45.3 Å². The van der Waals surface area contributed by atoms with E-state index in [1.54, 1.807) is 12.1 Å². The second kappa shape index (κ2) is 7.08. The maximum Gasteiger partial charge on any atom is 0.408 e. The summed E-state index contributed by atoms with van der Waals surface area (Å²) in [5.41, 5.74) is 0.297. The minimum Gasteiger partial charge on any atom is -0.468 e. The van der Waals surface area contributed by atoms with Gasteiger partial charge in [0.05, 0.1) is 7.11 Å². The molecule has 0 aliphatic carbocycles. The molecule has 0 saturated heterocycles. The van der Waals surface area contributed by atoms with Crippen molar-refractivity contribution in [3.8, 4) is 5.95 Å². The standard InChI is InChI=1S/C17H20BrNO4/c1-17(2,3)23-16(20)19-15(11-5-7-12(18)8-6-11)13-9-10-14(21-4)22-13/h5-10,15H,1-4H3,(H,19,20)/t15-/m1/s1. The van der Waals surface area contributed by atoms with E-state index in [0.29, 0.717) is 11.7 Å². The van der Waals surface area contributed by atoms with Crippen LogP contribution < -0.4 is 10.1 Å². The first kappa shape index (κ1) is 17.4. The van der Waals surface area contributed by atoms with Gasteiger partial charge in [0.15, 0.2) is 0 Å². The van der Waals surface area contributed by atoms with Gasteiger partial charge in [0.25, 0.3) is 5.95 Å². The summed E-state index contributed by atoms with van der Waals surface area (Å²) < 4.78 is 17.0. The monoisotopic (exact) mass is 381 g/mol. The van der Waals surface area contributed by atoms with Crippen molar-refractivity contribution in [2.24, 2.45) is 0 Å². The fourth-order valence-electron chi connectivity index (χ4n) is 2.00. The molecule has 2 aromatic rings. The van der Waals surface area contributed by atoms with Gasteiger partial charge in [0.1, 0.15) is 17.4 Å². The van der Waals surface area contributed by atoms with E-state index in [2.05, 4.69) is 21.2 Å². The summed E-state index contributed by atoms with van der Waals surface area (Å²) in [5.74, 6) is 0.947. The SMILES string of the molecule is COc1ccc([C@H](NC(=O)OC(C)(C)C)c2ccc(Br)cc2)o1. The summed E-state index contributed by atoms with van der Waals surface area (Å²) in [6.45, 7) is 5.45. The van der Waals surface area contributed by atoms with E-state index in [4.69, 9.17) is 13.9 Å². The molecule has 0 radical (unpaired) electrons. The Kier molecular flexibility index (Phi) is 5.36. The van der Waals surface area contributed by atoms with Crippen molar-refractivity contribution >= 4 is 22.0 Å². The van der Waals surface area contributed by atoms with E-state index in [-0.39, 0.29) is 0 Å². The number of carbonyl (C=O) groups excluding carboxylic acids is 1. The molecule has 0 bridgehead atoms.